The molecule has 1 atom stereocenters. The molecule has 2 aromatic carbocycles. The van der Waals surface area contributed by atoms with Crippen LogP contribution in [0.15, 0.2) is 72.9 Å². The molecule has 2 aromatic heterocycles. The highest BCUT2D eigenvalue weighted by Crippen LogP contribution is 2.36. The zero-order valence-corrected chi connectivity index (χ0v) is 23.2. The molecule has 0 unspecified atom stereocenters. The number of hydrogen-bond donors (Lipinski definition) is 0. The number of aryl methyl sites for hydroxylation is 1. The van der Waals surface area contributed by atoms with E-state index in [1.54, 1.807) is 37.6 Å². The van der Waals surface area contributed by atoms with Crippen LogP contribution in [0.5, 0.6) is 5.88 Å². The molecule has 0 saturated heterocycles. The molecule has 0 fully saturated rings. The number of nitrogens with zero attached hydrogens (tertiary/aromatic N) is 2. The molecule has 0 saturated carbocycles. The van der Waals surface area contributed by atoms with E-state index in [2.05, 4.69) is 9.97 Å². The number of carbonyl (C=O) groups excluding carboxylic acids is 2. The molecule has 0 amide bonds. The minimum absolute atomic E-state index is 0.0404. The molecule has 41 heavy (non-hydrogen) atoms. The Labute approximate surface area is 237 Å². The van der Waals surface area contributed by atoms with Crippen LogP contribution in [0.2, 0.25) is 0 Å². The van der Waals surface area contributed by atoms with E-state index in [9.17, 15) is 18.4 Å². The Kier molecular flexibility index (Phi) is 8.15. The molecule has 7 heteroatoms. The van der Waals surface area contributed by atoms with E-state index >= 15 is 0 Å². The largest absolute Gasteiger partial charge is 0.481 e. The van der Waals surface area contributed by atoms with Gasteiger partial charge in [-0.25, -0.2) is 13.8 Å². The van der Waals surface area contributed by atoms with Crippen LogP contribution in [0.4, 0.5) is 8.78 Å². The zero-order chi connectivity index (χ0) is 29.1. The fourth-order valence-electron chi connectivity index (χ4n) is 5.51. The lowest BCUT2D eigenvalue weighted by molar-refractivity contribution is -0.118. The number of benzene rings is 2. The van der Waals surface area contributed by atoms with Crippen molar-refractivity contribution in [3.8, 4) is 17.0 Å². The minimum Gasteiger partial charge on any atom is -0.481 e. The van der Waals surface area contributed by atoms with E-state index in [1.807, 2.05) is 31.2 Å². The van der Waals surface area contributed by atoms with E-state index < -0.39 is 17.6 Å². The van der Waals surface area contributed by atoms with Crippen molar-refractivity contribution >= 4 is 17.1 Å². The first kappa shape index (κ1) is 28.0. The quantitative estimate of drug-likeness (QED) is 0.194. The number of carbonyl (C=O) groups is 2. The van der Waals surface area contributed by atoms with Crippen molar-refractivity contribution in [1.82, 2.24) is 9.97 Å². The molecule has 5 nitrogen and oxygen atoms in total. The Morgan fingerprint density at radius 3 is 2.54 bits per heavy atom. The molecular formula is C34H30F2N2O3. The predicted molar refractivity (Wildman–Crippen MR) is 154 cm³/mol. The Morgan fingerprint density at radius 1 is 1.02 bits per heavy atom. The smallest absolute Gasteiger partial charge is 0.216 e. The number of halogens is 2. The van der Waals surface area contributed by atoms with Crippen molar-refractivity contribution in [2.75, 3.05) is 7.11 Å². The summed E-state index contributed by atoms with van der Waals surface area (Å²) in [6.07, 6.45) is 4.83. The minimum atomic E-state index is -0.677. The third-order valence-corrected chi connectivity index (χ3v) is 7.38. The SMILES string of the molecule is COc1nc2c(cc1C)CC=C2CC(=O)C[C@@H](Cc1cc(F)cc(F)c1)c1ncccc1-c1cccc(C(C)=O)c1. The summed E-state index contributed by atoms with van der Waals surface area (Å²) in [7, 11) is 1.57. The van der Waals surface area contributed by atoms with Gasteiger partial charge >= 0.3 is 0 Å². The van der Waals surface area contributed by atoms with E-state index in [4.69, 9.17) is 4.74 Å². The second-order valence-corrected chi connectivity index (χ2v) is 10.4. The van der Waals surface area contributed by atoms with Crippen molar-refractivity contribution in [2.24, 2.45) is 0 Å². The van der Waals surface area contributed by atoms with E-state index in [1.165, 1.54) is 19.1 Å². The van der Waals surface area contributed by atoms with Crippen LogP contribution in [0, 0.1) is 18.6 Å². The second kappa shape index (κ2) is 11.9. The molecule has 0 aliphatic heterocycles. The van der Waals surface area contributed by atoms with Crippen molar-refractivity contribution in [3.05, 3.63) is 118 Å². The summed E-state index contributed by atoms with van der Waals surface area (Å²) in [6.45, 7) is 3.44. The number of allylic oxidation sites excluding steroid dienone is 2. The van der Waals surface area contributed by atoms with Crippen molar-refractivity contribution < 1.29 is 23.1 Å². The molecule has 0 bridgehead atoms. The van der Waals surface area contributed by atoms with Crippen LogP contribution in [0.25, 0.3) is 16.7 Å². The Balaban J connectivity index is 1.48. The Bertz CT molecular complexity index is 1660. The van der Waals surface area contributed by atoms with Gasteiger partial charge in [0.15, 0.2) is 5.78 Å². The molecule has 5 rings (SSSR count). The van der Waals surface area contributed by atoms with E-state index in [-0.39, 0.29) is 30.8 Å². The lowest BCUT2D eigenvalue weighted by atomic mass is 9.85. The van der Waals surface area contributed by atoms with E-state index in [0.29, 0.717) is 29.1 Å². The monoisotopic (exact) mass is 552 g/mol. The van der Waals surface area contributed by atoms with Gasteiger partial charge in [0.1, 0.15) is 17.4 Å². The van der Waals surface area contributed by atoms with Crippen molar-refractivity contribution in [3.63, 3.8) is 0 Å². The number of Topliss-reactive ketones (excluding diaryl/α,β-unsaturated/α-hetero) is 2. The van der Waals surface area contributed by atoms with Gasteiger partial charge in [-0.05, 0) is 79.3 Å². The number of methoxy groups -OCH3 is 1. The fourth-order valence-corrected chi connectivity index (χ4v) is 5.51. The standard InChI is InChI=1S/C34H30F2N2O3/c1-20-12-25-9-10-26(32(25)38-34(20)41-3)17-30(40)18-27(13-22-14-28(35)19-29(36)15-22)33-31(8-5-11-37-33)24-7-4-6-23(16-24)21(2)39/h4-8,10-12,14-16,19,27H,9,13,17-18H2,1-3H3/t27-/m1/s1. The average molecular weight is 553 g/mol. The normalized spacial score (nSPS) is 13.0. The van der Waals surface area contributed by atoms with Crippen molar-refractivity contribution in [2.45, 2.75) is 45.4 Å². The van der Waals surface area contributed by atoms with E-state index in [0.717, 1.165) is 39.6 Å². The molecular weight excluding hydrogens is 522 g/mol. The number of fused-ring (bicyclic) bond motifs is 1. The van der Waals surface area contributed by atoms with Crippen LogP contribution < -0.4 is 4.74 Å². The lowest BCUT2D eigenvalue weighted by Gasteiger charge is -2.20. The van der Waals surface area contributed by atoms with Gasteiger partial charge in [-0.1, -0.05) is 30.3 Å². The first-order valence-corrected chi connectivity index (χ1v) is 13.5. The van der Waals surface area contributed by atoms with Gasteiger partial charge in [0.2, 0.25) is 5.88 Å². The maximum Gasteiger partial charge on any atom is 0.216 e. The molecule has 4 aromatic rings. The Morgan fingerprint density at radius 2 is 1.80 bits per heavy atom. The van der Waals surface area contributed by atoms with Gasteiger partial charge in [0.05, 0.1) is 18.5 Å². The van der Waals surface area contributed by atoms with Crippen LogP contribution in [0.1, 0.15) is 64.1 Å². The number of hydrogen-bond acceptors (Lipinski definition) is 5. The van der Waals surface area contributed by atoms with Gasteiger partial charge in [-0.15, -0.1) is 0 Å². The summed E-state index contributed by atoms with van der Waals surface area (Å²) in [6, 6.07) is 16.3. The predicted octanol–water partition coefficient (Wildman–Crippen LogP) is 7.26. The Hall–Kier alpha value is -4.52. The summed E-state index contributed by atoms with van der Waals surface area (Å²) in [5.41, 5.74) is 6.76. The van der Waals surface area contributed by atoms with Crippen LogP contribution >= 0.6 is 0 Å². The maximum absolute atomic E-state index is 14.1. The average Bonchev–Trinajstić information content (AvgIpc) is 3.32. The third-order valence-electron chi connectivity index (χ3n) is 7.38. The van der Waals surface area contributed by atoms with Gasteiger partial charge in [-0.3, -0.25) is 14.6 Å². The van der Waals surface area contributed by atoms with Gasteiger partial charge in [0, 0.05) is 47.7 Å². The van der Waals surface area contributed by atoms with Gasteiger partial charge in [-0.2, -0.15) is 0 Å². The van der Waals surface area contributed by atoms with Crippen LogP contribution in [0.3, 0.4) is 0 Å². The molecule has 208 valence electrons. The number of ether oxygens (including phenoxy) is 1. The highest BCUT2D eigenvalue weighted by Gasteiger charge is 2.25. The third kappa shape index (κ3) is 6.30. The molecule has 2 heterocycles. The number of aromatic nitrogens is 2. The van der Waals surface area contributed by atoms with Crippen LogP contribution in [-0.2, 0) is 17.6 Å². The second-order valence-electron chi connectivity index (χ2n) is 10.4. The zero-order valence-electron chi connectivity index (χ0n) is 23.2. The maximum atomic E-state index is 14.1. The number of ketones is 2. The summed E-state index contributed by atoms with van der Waals surface area (Å²) >= 11 is 0. The summed E-state index contributed by atoms with van der Waals surface area (Å²) < 4.78 is 33.7. The van der Waals surface area contributed by atoms with Crippen molar-refractivity contribution in [1.29, 1.82) is 0 Å². The van der Waals surface area contributed by atoms with Crippen LogP contribution in [-0.4, -0.2) is 28.6 Å². The first-order valence-electron chi connectivity index (χ1n) is 13.5. The summed E-state index contributed by atoms with van der Waals surface area (Å²) in [5.74, 6) is -1.40. The summed E-state index contributed by atoms with van der Waals surface area (Å²) in [5, 5.41) is 0. The fraction of sp³-hybridized carbons (Fsp3) is 0.235. The highest BCUT2D eigenvalue weighted by atomic mass is 19.1. The van der Waals surface area contributed by atoms with Gasteiger partial charge in [0.25, 0.3) is 0 Å². The highest BCUT2D eigenvalue weighted by molar-refractivity contribution is 5.95. The number of rotatable bonds is 10. The molecule has 0 radical (unpaired) electrons. The summed E-state index contributed by atoms with van der Waals surface area (Å²) in [4.78, 5) is 35.0. The molecule has 0 N–H and O–H groups in total. The molecule has 0 spiro atoms. The first-order chi connectivity index (χ1) is 19.7. The number of pyridine rings is 2. The van der Waals surface area contributed by atoms with Gasteiger partial charge < -0.3 is 4.74 Å². The molecule has 1 aliphatic rings. The topological polar surface area (TPSA) is 69.2 Å². The lowest BCUT2D eigenvalue weighted by Crippen LogP contribution is -2.13. The molecule has 1 aliphatic carbocycles.